The molecular weight excluding hydrogens is 220 g/mol. The number of aliphatic carboxylic acids is 1. The van der Waals surface area contributed by atoms with E-state index in [4.69, 9.17) is 9.84 Å². The molecule has 0 saturated heterocycles. The minimum Gasteiger partial charge on any atom is -0.481 e. The van der Waals surface area contributed by atoms with Crippen LogP contribution in [0.3, 0.4) is 0 Å². The molecule has 0 aromatic carbocycles. The Hall–Kier alpha value is -0.650. The van der Waals surface area contributed by atoms with Gasteiger partial charge in [0.1, 0.15) is 0 Å². The van der Waals surface area contributed by atoms with Gasteiger partial charge in [-0.2, -0.15) is 0 Å². The Morgan fingerprint density at radius 1 is 1.18 bits per heavy atom. The number of hydrogen-bond donors (Lipinski definition) is 2. The zero-order valence-electron chi connectivity index (χ0n) is 11.1. The fourth-order valence-corrected chi connectivity index (χ4v) is 1.32. The van der Waals surface area contributed by atoms with Crippen molar-refractivity contribution in [3.05, 3.63) is 0 Å². The number of ether oxygens (including phenoxy) is 1. The average Bonchev–Trinajstić information content (AvgIpc) is 2.25. The number of carboxylic acids is 1. The molecule has 0 spiro atoms. The number of carbonyl (C=O) groups is 1. The predicted molar refractivity (Wildman–Crippen MR) is 68.3 cm³/mol. The van der Waals surface area contributed by atoms with E-state index < -0.39 is 5.97 Å². The summed E-state index contributed by atoms with van der Waals surface area (Å²) < 4.78 is 5.42. The van der Waals surface area contributed by atoms with Gasteiger partial charge in [0.15, 0.2) is 0 Å². The molecule has 0 fully saturated rings. The Morgan fingerprint density at radius 3 is 2.59 bits per heavy atom. The van der Waals surface area contributed by atoms with Crippen LogP contribution in [0.25, 0.3) is 0 Å². The largest absolute Gasteiger partial charge is 0.481 e. The number of rotatable bonds is 12. The molecule has 17 heavy (non-hydrogen) atoms. The first-order chi connectivity index (χ1) is 8.13. The van der Waals surface area contributed by atoms with E-state index in [9.17, 15) is 4.79 Å². The smallest absolute Gasteiger partial charge is 0.303 e. The van der Waals surface area contributed by atoms with Crippen LogP contribution in [0, 0.1) is 0 Å². The van der Waals surface area contributed by atoms with Gasteiger partial charge in [0.2, 0.25) is 0 Å². The molecule has 0 heterocycles. The average molecular weight is 246 g/mol. The molecule has 0 amide bonds. The molecule has 0 radical (unpaired) electrons. The van der Waals surface area contributed by atoms with Crippen molar-refractivity contribution in [2.45, 2.75) is 25.7 Å². The number of nitrogens with zero attached hydrogens (tertiary/aromatic N) is 1. The van der Waals surface area contributed by atoms with Crippen LogP contribution in [-0.2, 0) is 9.53 Å². The summed E-state index contributed by atoms with van der Waals surface area (Å²) >= 11 is 0. The van der Waals surface area contributed by atoms with Crippen molar-refractivity contribution in [1.29, 1.82) is 0 Å². The van der Waals surface area contributed by atoms with Gasteiger partial charge >= 0.3 is 5.97 Å². The number of carboxylic acid groups (broad SMARTS) is 1. The normalized spacial score (nSPS) is 11.0. The van der Waals surface area contributed by atoms with Gasteiger partial charge in [0.25, 0.3) is 0 Å². The topological polar surface area (TPSA) is 61.8 Å². The first-order valence-corrected chi connectivity index (χ1v) is 6.28. The molecule has 0 aliphatic carbocycles. The zero-order chi connectivity index (χ0) is 12.9. The summed E-state index contributed by atoms with van der Waals surface area (Å²) in [6.45, 7) is 4.27. The monoisotopic (exact) mass is 246 g/mol. The maximum Gasteiger partial charge on any atom is 0.303 e. The van der Waals surface area contributed by atoms with E-state index >= 15 is 0 Å². The van der Waals surface area contributed by atoms with E-state index in [-0.39, 0.29) is 6.42 Å². The molecule has 0 aliphatic rings. The van der Waals surface area contributed by atoms with Crippen molar-refractivity contribution in [2.24, 2.45) is 0 Å². The summed E-state index contributed by atoms with van der Waals surface area (Å²) in [6.07, 6.45) is 3.07. The third-order valence-corrected chi connectivity index (χ3v) is 2.35. The van der Waals surface area contributed by atoms with Crippen LogP contribution in [0.2, 0.25) is 0 Å². The van der Waals surface area contributed by atoms with E-state index in [1.807, 2.05) is 14.1 Å². The summed E-state index contributed by atoms with van der Waals surface area (Å²) in [5.41, 5.74) is 0. The molecule has 0 rings (SSSR count). The van der Waals surface area contributed by atoms with Gasteiger partial charge in [-0.15, -0.1) is 0 Å². The van der Waals surface area contributed by atoms with Crippen LogP contribution in [0.5, 0.6) is 0 Å². The Labute approximate surface area is 104 Å². The highest BCUT2D eigenvalue weighted by Gasteiger charge is 1.96. The van der Waals surface area contributed by atoms with Gasteiger partial charge in [0.05, 0.1) is 13.2 Å². The van der Waals surface area contributed by atoms with Crippen LogP contribution >= 0.6 is 0 Å². The van der Waals surface area contributed by atoms with Crippen molar-refractivity contribution in [3.63, 3.8) is 0 Å². The molecule has 0 saturated carbocycles. The molecule has 2 N–H and O–H groups in total. The SMILES string of the molecule is CN(C)CCOCCNCCCCCC(=O)O. The molecule has 0 unspecified atom stereocenters. The number of unbranched alkanes of at least 4 members (excludes halogenated alkanes) is 2. The Morgan fingerprint density at radius 2 is 1.94 bits per heavy atom. The van der Waals surface area contributed by atoms with Crippen molar-refractivity contribution >= 4 is 5.97 Å². The van der Waals surface area contributed by atoms with Crippen LogP contribution in [-0.4, -0.2) is 62.9 Å². The standard InChI is InChI=1S/C12H26N2O3/c1-14(2)9-11-17-10-8-13-7-5-3-4-6-12(15)16/h13H,3-11H2,1-2H3,(H,15,16). The summed E-state index contributed by atoms with van der Waals surface area (Å²) in [4.78, 5) is 12.3. The van der Waals surface area contributed by atoms with Crippen molar-refractivity contribution in [1.82, 2.24) is 10.2 Å². The molecular formula is C12H26N2O3. The maximum atomic E-state index is 10.2. The van der Waals surface area contributed by atoms with E-state index in [1.165, 1.54) is 0 Å². The van der Waals surface area contributed by atoms with Crippen LogP contribution in [0.4, 0.5) is 0 Å². The third kappa shape index (κ3) is 15.4. The van der Waals surface area contributed by atoms with E-state index in [0.29, 0.717) is 0 Å². The highest BCUT2D eigenvalue weighted by Crippen LogP contribution is 1.98. The second-order valence-electron chi connectivity index (χ2n) is 4.37. The third-order valence-electron chi connectivity index (χ3n) is 2.35. The van der Waals surface area contributed by atoms with Crippen molar-refractivity contribution < 1.29 is 14.6 Å². The molecule has 5 nitrogen and oxygen atoms in total. The van der Waals surface area contributed by atoms with E-state index in [1.54, 1.807) is 0 Å². The fourth-order valence-electron chi connectivity index (χ4n) is 1.32. The van der Waals surface area contributed by atoms with E-state index in [2.05, 4.69) is 10.2 Å². The number of hydrogen-bond acceptors (Lipinski definition) is 4. The number of likely N-dealkylation sites (N-methyl/N-ethyl adjacent to an activating group) is 1. The Balaban J connectivity index is 2.96. The van der Waals surface area contributed by atoms with Gasteiger partial charge in [-0.3, -0.25) is 4.79 Å². The highest BCUT2D eigenvalue weighted by molar-refractivity contribution is 5.66. The summed E-state index contributed by atoms with van der Waals surface area (Å²) in [5, 5.41) is 11.7. The molecule has 0 aliphatic heterocycles. The first kappa shape index (κ1) is 16.4. The first-order valence-electron chi connectivity index (χ1n) is 6.28. The fraction of sp³-hybridized carbons (Fsp3) is 0.917. The van der Waals surface area contributed by atoms with Gasteiger partial charge in [0, 0.05) is 19.5 Å². The lowest BCUT2D eigenvalue weighted by atomic mass is 10.2. The van der Waals surface area contributed by atoms with Crippen LogP contribution in [0.1, 0.15) is 25.7 Å². The molecule has 102 valence electrons. The lowest BCUT2D eigenvalue weighted by Gasteiger charge is -2.10. The predicted octanol–water partition coefficient (Wildman–Crippen LogP) is 0.799. The Kier molecular flexibility index (Phi) is 11.4. The zero-order valence-corrected chi connectivity index (χ0v) is 11.1. The lowest BCUT2D eigenvalue weighted by Crippen LogP contribution is -2.23. The second-order valence-corrected chi connectivity index (χ2v) is 4.37. The quantitative estimate of drug-likeness (QED) is 0.499. The number of nitrogens with one attached hydrogen (secondary N) is 1. The van der Waals surface area contributed by atoms with Gasteiger partial charge in [-0.05, 0) is 33.5 Å². The summed E-state index contributed by atoms with van der Waals surface area (Å²) in [5.74, 6) is -0.702. The molecule has 0 bridgehead atoms. The Bertz CT molecular complexity index is 187. The van der Waals surface area contributed by atoms with Crippen molar-refractivity contribution in [3.8, 4) is 0 Å². The highest BCUT2D eigenvalue weighted by atomic mass is 16.5. The lowest BCUT2D eigenvalue weighted by molar-refractivity contribution is -0.137. The van der Waals surface area contributed by atoms with Crippen LogP contribution in [0.15, 0.2) is 0 Å². The van der Waals surface area contributed by atoms with Gasteiger partial charge < -0.3 is 20.1 Å². The maximum absolute atomic E-state index is 10.2. The molecule has 5 heteroatoms. The van der Waals surface area contributed by atoms with Crippen LogP contribution < -0.4 is 5.32 Å². The molecule has 0 aromatic rings. The van der Waals surface area contributed by atoms with Gasteiger partial charge in [-0.1, -0.05) is 6.42 Å². The summed E-state index contributed by atoms with van der Waals surface area (Å²) in [6, 6.07) is 0. The molecule has 0 atom stereocenters. The van der Waals surface area contributed by atoms with Gasteiger partial charge in [-0.25, -0.2) is 0 Å². The minimum atomic E-state index is -0.702. The summed E-state index contributed by atoms with van der Waals surface area (Å²) in [7, 11) is 4.05. The van der Waals surface area contributed by atoms with E-state index in [0.717, 1.165) is 52.1 Å². The second kappa shape index (κ2) is 11.8. The molecule has 0 aromatic heterocycles. The van der Waals surface area contributed by atoms with Crippen molar-refractivity contribution in [2.75, 3.05) is 46.9 Å². The minimum absolute atomic E-state index is 0.285.